The first-order valence-corrected chi connectivity index (χ1v) is 10.5. The van der Waals surface area contributed by atoms with Gasteiger partial charge < -0.3 is 14.9 Å². The molecule has 0 aliphatic heterocycles. The van der Waals surface area contributed by atoms with E-state index in [2.05, 4.69) is 27.7 Å². The number of fused-ring (bicyclic) bond motifs is 5. The molecule has 0 saturated heterocycles. The largest absolute Gasteiger partial charge is 0.465 e. The SMILES string of the molecule is CC(=O)OCC12CCC3(C)CC(O)C4(C)CC4C3C1C(C(C)C)C(O)C2. The van der Waals surface area contributed by atoms with Gasteiger partial charge >= 0.3 is 5.97 Å². The summed E-state index contributed by atoms with van der Waals surface area (Å²) in [6.07, 6.45) is 4.30. The Labute approximate surface area is 157 Å². The molecule has 26 heavy (non-hydrogen) atoms. The van der Waals surface area contributed by atoms with Crippen molar-refractivity contribution in [3.05, 3.63) is 0 Å². The molecule has 0 radical (unpaired) electrons. The fourth-order valence-corrected chi connectivity index (χ4v) is 7.68. The lowest BCUT2D eigenvalue weighted by Crippen LogP contribution is -2.55. The Morgan fingerprint density at radius 2 is 1.81 bits per heavy atom. The minimum absolute atomic E-state index is 0.0593. The molecule has 4 aliphatic carbocycles. The molecule has 0 aromatic carbocycles. The van der Waals surface area contributed by atoms with E-state index in [9.17, 15) is 15.0 Å². The second-order valence-electron chi connectivity index (χ2n) is 11.0. The lowest BCUT2D eigenvalue weighted by atomic mass is 9.47. The number of aliphatic hydroxyl groups is 2. The van der Waals surface area contributed by atoms with E-state index in [0.29, 0.717) is 30.3 Å². The second kappa shape index (κ2) is 5.70. The Morgan fingerprint density at radius 1 is 1.12 bits per heavy atom. The van der Waals surface area contributed by atoms with E-state index in [1.807, 2.05) is 0 Å². The monoisotopic (exact) mass is 364 g/mol. The summed E-state index contributed by atoms with van der Waals surface area (Å²) < 4.78 is 5.57. The van der Waals surface area contributed by atoms with Crippen LogP contribution < -0.4 is 0 Å². The van der Waals surface area contributed by atoms with Gasteiger partial charge in [-0.05, 0) is 72.5 Å². The fourth-order valence-electron chi connectivity index (χ4n) is 7.68. The van der Waals surface area contributed by atoms with E-state index < -0.39 is 0 Å². The first-order valence-electron chi connectivity index (χ1n) is 10.5. The predicted molar refractivity (Wildman–Crippen MR) is 99.2 cm³/mol. The maximum Gasteiger partial charge on any atom is 0.302 e. The van der Waals surface area contributed by atoms with Crippen LogP contribution in [-0.2, 0) is 9.53 Å². The summed E-state index contributed by atoms with van der Waals surface area (Å²) >= 11 is 0. The van der Waals surface area contributed by atoms with Gasteiger partial charge in [-0.25, -0.2) is 0 Å². The highest BCUT2D eigenvalue weighted by Gasteiger charge is 2.73. The van der Waals surface area contributed by atoms with Crippen LogP contribution in [0, 0.1) is 45.8 Å². The van der Waals surface area contributed by atoms with Crippen LogP contribution in [0.2, 0.25) is 0 Å². The molecular weight excluding hydrogens is 328 g/mol. The van der Waals surface area contributed by atoms with Gasteiger partial charge in [-0.1, -0.05) is 27.7 Å². The van der Waals surface area contributed by atoms with Crippen LogP contribution in [0.25, 0.3) is 0 Å². The van der Waals surface area contributed by atoms with Crippen molar-refractivity contribution >= 4 is 5.97 Å². The highest BCUT2D eigenvalue weighted by molar-refractivity contribution is 5.65. The number of ether oxygens (including phenoxy) is 1. The average Bonchev–Trinajstić information content (AvgIpc) is 3.12. The van der Waals surface area contributed by atoms with Crippen molar-refractivity contribution in [1.82, 2.24) is 0 Å². The topological polar surface area (TPSA) is 66.8 Å². The number of hydrogen-bond acceptors (Lipinski definition) is 4. The minimum atomic E-state index is -0.310. The van der Waals surface area contributed by atoms with Gasteiger partial charge in [0.05, 0.1) is 18.8 Å². The predicted octanol–water partition coefficient (Wildman–Crippen LogP) is 3.40. The molecule has 4 fully saturated rings. The maximum atomic E-state index is 11.6. The smallest absolute Gasteiger partial charge is 0.302 e. The van der Waals surface area contributed by atoms with Gasteiger partial charge in [-0.15, -0.1) is 0 Å². The van der Waals surface area contributed by atoms with Crippen molar-refractivity contribution in [1.29, 1.82) is 0 Å². The zero-order chi connectivity index (χ0) is 19.1. The third-order valence-corrected chi connectivity index (χ3v) is 9.10. The highest BCUT2D eigenvalue weighted by Crippen LogP contribution is 2.76. The minimum Gasteiger partial charge on any atom is -0.465 e. The number of rotatable bonds is 3. The van der Waals surface area contributed by atoms with E-state index >= 15 is 0 Å². The van der Waals surface area contributed by atoms with Crippen LogP contribution in [0.4, 0.5) is 0 Å². The van der Waals surface area contributed by atoms with Crippen LogP contribution in [0.15, 0.2) is 0 Å². The normalized spacial score (nSPS) is 55.1. The number of hydrogen-bond donors (Lipinski definition) is 2. The summed E-state index contributed by atoms with van der Waals surface area (Å²) in [7, 11) is 0. The molecule has 9 atom stereocenters. The zero-order valence-electron chi connectivity index (χ0n) is 17.0. The number of carbonyl (C=O) groups excluding carboxylic acids is 1. The maximum absolute atomic E-state index is 11.6. The first kappa shape index (κ1) is 18.7. The molecule has 0 aromatic heterocycles. The first-order chi connectivity index (χ1) is 12.0. The van der Waals surface area contributed by atoms with Crippen LogP contribution >= 0.6 is 0 Å². The zero-order valence-corrected chi connectivity index (χ0v) is 17.0. The summed E-state index contributed by atoms with van der Waals surface area (Å²) in [6.45, 7) is 11.0. The van der Waals surface area contributed by atoms with E-state index in [1.54, 1.807) is 0 Å². The Morgan fingerprint density at radius 3 is 2.42 bits per heavy atom. The quantitative estimate of drug-likeness (QED) is 0.753. The number of carbonyl (C=O) groups is 1. The standard InChI is InChI=1S/C22H36O4/c1-12(2)17-15(24)9-22(11-26-13(3)23)7-6-20(4)10-16(25)21(5)8-14(21)18(20)19(17)22/h12,14-19,24-25H,6-11H2,1-5H3. The van der Waals surface area contributed by atoms with Gasteiger partial charge in [0.15, 0.2) is 0 Å². The lowest BCUT2D eigenvalue weighted by Gasteiger charge is -2.58. The molecule has 0 aromatic rings. The molecule has 0 spiro atoms. The van der Waals surface area contributed by atoms with Crippen molar-refractivity contribution < 1.29 is 19.7 Å². The molecule has 9 unspecified atom stereocenters. The molecule has 4 saturated carbocycles. The second-order valence-corrected chi connectivity index (χ2v) is 11.0. The van der Waals surface area contributed by atoms with Crippen LogP contribution in [0.3, 0.4) is 0 Å². The molecule has 4 heteroatoms. The Hall–Kier alpha value is -0.610. The van der Waals surface area contributed by atoms with E-state index in [1.165, 1.54) is 6.92 Å². The van der Waals surface area contributed by atoms with Crippen LogP contribution in [0.1, 0.15) is 66.7 Å². The molecule has 0 heterocycles. The third-order valence-electron chi connectivity index (χ3n) is 9.10. The highest BCUT2D eigenvalue weighted by atomic mass is 16.5. The molecule has 4 rings (SSSR count). The average molecular weight is 365 g/mol. The van der Waals surface area contributed by atoms with Crippen LogP contribution in [0.5, 0.6) is 0 Å². The summed E-state index contributed by atoms with van der Waals surface area (Å²) in [5.74, 6) is 1.90. The summed E-state index contributed by atoms with van der Waals surface area (Å²) in [5, 5.41) is 21.8. The summed E-state index contributed by atoms with van der Waals surface area (Å²) in [6, 6.07) is 0. The van der Waals surface area contributed by atoms with Gasteiger partial charge in [0, 0.05) is 12.3 Å². The molecule has 4 aliphatic rings. The van der Waals surface area contributed by atoms with Crippen LogP contribution in [-0.4, -0.2) is 35.0 Å². The Kier molecular flexibility index (Phi) is 4.11. The lowest BCUT2D eigenvalue weighted by molar-refractivity contribution is -0.160. The molecule has 2 N–H and O–H groups in total. The van der Waals surface area contributed by atoms with Crippen molar-refractivity contribution in [2.75, 3.05) is 6.61 Å². The molecule has 0 bridgehead atoms. The van der Waals surface area contributed by atoms with Crippen molar-refractivity contribution in [2.45, 2.75) is 78.9 Å². The van der Waals surface area contributed by atoms with E-state index in [4.69, 9.17) is 4.74 Å². The molecule has 148 valence electrons. The number of aliphatic hydroxyl groups excluding tert-OH is 2. The molecule has 0 amide bonds. The van der Waals surface area contributed by atoms with Gasteiger partial charge in [0.25, 0.3) is 0 Å². The third kappa shape index (κ3) is 2.44. The van der Waals surface area contributed by atoms with E-state index in [-0.39, 0.29) is 40.3 Å². The Balaban J connectivity index is 1.75. The van der Waals surface area contributed by atoms with Crippen molar-refractivity contribution in [2.24, 2.45) is 45.8 Å². The van der Waals surface area contributed by atoms with Gasteiger partial charge in [0.2, 0.25) is 0 Å². The fraction of sp³-hybridized carbons (Fsp3) is 0.955. The van der Waals surface area contributed by atoms with Crippen molar-refractivity contribution in [3.8, 4) is 0 Å². The summed E-state index contributed by atoms with van der Waals surface area (Å²) in [5.41, 5.74) is 0.113. The molecule has 4 nitrogen and oxygen atoms in total. The van der Waals surface area contributed by atoms with E-state index in [0.717, 1.165) is 32.1 Å². The van der Waals surface area contributed by atoms with Gasteiger partial charge in [-0.2, -0.15) is 0 Å². The summed E-state index contributed by atoms with van der Waals surface area (Å²) in [4.78, 5) is 11.6. The van der Waals surface area contributed by atoms with Gasteiger partial charge in [0.1, 0.15) is 0 Å². The number of esters is 1. The Bertz CT molecular complexity index is 603. The molecular formula is C22H36O4. The van der Waals surface area contributed by atoms with Crippen molar-refractivity contribution in [3.63, 3.8) is 0 Å². The van der Waals surface area contributed by atoms with Gasteiger partial charge in [-0.3, -0.25) is 4.79 Å².